The lowest BCUT2D eigenvalue weighted by molar-refractivity contribution is -0.126. The van der Waals surface area contributed by atoms with E-state index in [4.69, 9.17) is 0 Å². The van der Waals surface area contributed by atoms with Gasteiger partial charge in [-0.2, -0.15) is 0 Å². The van der Waals surface area contributed by atoms with Gasteiger partial charge in [0.2, 0.25) is 5.91 Å². The van der Waals surface area contributed by atoms with Gasteiger partial charge in [0.25, 0.3) is 0 Å². The molecule has 1 fully saturated rings. The molecule has 1 unspecified atom stereocenters. The summed E-state index contributed by atoms with van der Waals surface area (Å²) in [5.74, 6) is 0.268. The molecule has 0 aromatic heterocycles. The van der Waals surface area contributed by atoms with E-state index in [1.54, 1.807) is 6.08 Å². The van der Waals surface area contributed by atoms with Crippen molar-refractivity contribution in [3.8, 4) is 0 Å². The number of rotatable bonds is 5. The first kappa shape index (κ1) is 15.3. The Hall–Kier alpha value is -1.13. The molecule has 0 radical (unpaired) electrons. The van der Waals surface area contributed by atoms with Crippen molar-refractivity contribution in [1.82, 2.24) is 10.2 Å². The van der Waals surface area contributed by atoms with Crippen molar-refractivity contribution in [3.63, 3.8) is 0 Å². The van der Waals surface area contributed by atoms with Crippen LogP contribution in [-0.4, -0.2) is 30.4 Å². The lowest BCUT2D eigenvalue weighted by Crippen LogP contribution is -2.42. The average Bonchev–Trinajstić information content (AvgIpc) is 2.47. The summed E-state index contributed by atoms with van der Waals surface area (Å²) in [4.78, 5) is 14.4. The zero-order valence-corrected chi connectivity index (χ0v) is 13.2. The molecule has 0 bridgehead atoms. The van der Waals surface area contributed by atoms with Gasteiger partial charge in [0.05, 0.1) is 5.92 Å². The number of carbonyl (C=O) groups is 1. The number of amides is 1. The summed E-state index contributed by atoms with van der Waals surface area (Å²) < 4.78 is 1.10. The summed E-state index contributed by atoms with van der Waals surface area (Å²) in [7, 11) is 0. The molecular formula is C16H21BrN2O. The smallest absolute Gasteiger partial charge is 0.224 e. The first-order chi connectivity index (χ1) is 9.69. The van der Waals surface area contributed by atoms with Crippen LogP contribution in [0.4, 0.5) is 0 Å². The number of piperidine rings is 1. The van der Waals surface area contributed by atoms with E-state index in [0.717, 1.165) is 36.9 Å². The monoisotopic (exact) mass is 336 g/mol. The van der Waals surface area contributed by atoms with E-state index in [-0.39, 0.29) is 11.8 Å². The van der Waals surface area contributed by atoms with Crippen molar-refractivity contribution in [2.45, 2.75) is 19.4 Å². The fourth-order valence-corrected chi connectivity index (χ4v) is 2.84. The standard InChI is InChI=1S/C16H21BrN2O/c1-2-9-18-16(20)14-4-3-10-19(12-14)11-13-5-7-15(17)8-6-13/h2,5-8,14H,1,3-4,9-12H2,(H,18,20). The van der Waals surface area contributed by atoms with Gasteiger partial charge in [-0.3, -0.25) is 9.69 Å². The first-order valence-electron chi connectivity index (χ1n) is 7.04. The maximum Gasteiger partial charge on any atom is 0.224 e. The molecule has 108 valence electrons. The topological polar surface area (TPSA) is 32.3 Å². The van der Waals surface area contributed by atoms with Crippen molar-refractivity contribution in [3.05, 3.63) is 47.0 Å². The van der Waals surface area contributed by atoms with Crippen molar-refractivity contribution in [2.75, 3.05) is 19.6 Å². The lowest BCUT2D eigenvalue weighted by Gasteiger charge is -2.32. The second-order valence-electron chi connectivity index (χ2n) is 5.23. The quantitative estimate of drug-likeness (QED) is 0.838. The molecule has 1 aromatic rings. The average molecular weight is 337 g/mol. The Balaban J connectivity index is 1.88. The third-order valence-electron chi connectivity index (χ3n) is 3.62. The fourth-order valence-electron chi connectivity index (χ4n) is 2.58. The predicted molar refractivity (Wildman–Crippen MR) is 85.3 cm³/mol. The van der Waals surface area contributed by atoms with Crippen molar-refractivity contribution >= 4 is 21.8 Å². The number of carbonyl (C=O) groups excluding carboxylic acids is 1. The Labute approximate surface area is 129 Å². The summed E-state index contributed by atoms with van der Waals surface area (Å²) >= 11 is 3.45. The Kier molecular flexibility index (Phi) is 5.80. The second kappa shape index (κ2) is 7.60. The van der Waals surface area contributed by atoms with Gasteiger partial charge in [0.1, 0.15) is 0 Å². The molecule has 1 heterocycles. The molecule has 1 N–H and O–H groups in total. The second-order valence-corrected chi connectivity index (χ2v) is 6.15. The lowest BCUT2D eigenvalue weighted by atomic mass is 9.96. The Morgan fingerprint density at radius 2 is 2.20 bits per heavy atom. The van der Waals surface area contributed by atoms with Crippen LogP contribution in [-0.2, 0) is 11.3 Å². The molecule has 0 saturated carbocycles. The number of nitrogens with zero attached hydrogens (tertiary/aromatic N) is 1. The summed E-state index contributed by atoms with van der Waals surface area (Å²) in [5.41, 5.74) is 1.29. The molecule has 1 aliphatic heterocycles. The van der Waals surface area contributed by atoms with Crippen LogP contribution < -0.4 is 5.32 Å². The van der Waals surface area contributed by atoms with Gasteiger partial charge in [-0.15, -0.1) is 6.58 Å². The molecule has 1 aliphatic rings. The fraction of sp³-hybridized carbons (Fsp3) is 0.438. The van der Waals surface area contributed by atoms with Gasteiger partial charge in [0, 0.05) is 24.1 Å². The van der Waals surface area contributed by atoms with Gasteiger partial charge >= 0.3 is 0 Å². The summed E-state index contributed by atoms with van der Waals surface area (Å²) in [5, 5.41) is 2.90. The van der Waals surface area contributed by atoms with Gasteiger partial charge in [-0.25, -0.2) is 0 Å². The van der Waals surface area contributed by atoms with E-state index in [1.165, 1.54) is 5.56 Å². The third-order valence-corrected chi connectivity index (χ3v) is 4.15. The highest BCUT2D eigenvalue weighted by Crippen LogP contribution is 2.19. The Morgan fingerprint density at radius 3 is 2.90 bits per heavy atom. The Bertz CT molecular complexity index is 458. The molecule has 0 aliphatic carbocycles. The normalized spacial score (nSPS) is 19.6. The molecule has 4 heteroatoms. The van der Waals surface area contributed by atoms with Gasteiger partial charge in [-0.05, 0) is 37.1 Å². The molecule has 2 rings (SSSR count). The summed E-state index contributed by atoms with van der Waals surface area (Å²) in [6.07, 6.45) is 3.79. The van der Waals surface area contributed by atoms with Crippen molar-refractivity contribution < 1.29 is 4.79 Å². The number of halogens is 1. The van der Waals surface area contributed by atoms with E-state index < -0.39 is 0 Å². The number of nitrogens with one attached hydrogen (secondary N) is 1. The van der Waals surface area contributed by atoms with Crippen molar-refractivity contribution in [2.24, 2.45) is 5.92 Å². The van der Waals surface area contributed by atoms with Gasteiger partial charge in [0.15, 0.2) is 0 Å². The number of likely N-dealkylation sites (tertiary alicyclic amines) is 1. The van der Waals surface area contributed by atoms with Crippen LogP contribution in [0.2, 0.25) is 0 Å². The maximum absolute atomic E-state index is 12.0. The molecule has 1 aromatic carbocycles. The van der Waals surface area contributed by atoms with Gasteiger partial charge < -0.3 is 5.32 Å². The highest BCUT2D eigenvalue weighted by atomic mass is 79.9. The predicted octanol–water partition coefficient (Wildman–Crippen LogP) is 2.96. The number of hydrogen-bond donors (Lipinski definition) is 1. The molecule has 1 amide bonds. The largest absolute Gasteiger partial charge is 0.352 e. The molecule has 20 heavy (non-hydrogen) atoms. The zero-order chi connectivity index (χ0) is 14.4. The summed E-state index contributed by atoms with van der Waals surface area (Å²) in [6.45, 7) is 7.02. The summed E-state index contributed by atoms with van der Waals surface area (Å²) in [6, 6.07) is 8.39. The highest BCUT2D eigenvalue weighted by molar-refractivity contribution is 9.10. The third kappa shape index (κ3) is 4.46. The van der Waals surface area contributed by atoms with Crippen LogP contribution in [0.25, 0.3) is 0 Å². The molecule has 1 atom stereocenters. The minimum atomic E-state index is 0.110. The minimum absolute atomic E-state index is 0.110. The van der Waals surface area contributed by atoms with E-state index in [0.29, 0.717) is 6.54 Å². The minimum Gasteiger partial charge on any atom is -0.352 e. The van der Waals surface area contributed by atoms with Gasteiger partial charge in [-0.1, -0.05) is 34.1 Å². The molecule has 3 nitrogen and oxygen atoms in total. The SMILES string of the molecule is C=CCNC(=O)C1CCCN(Cc2ccc(Br)cc2)C1. The van der Waals surface area contributed by atoms with E-state index in [2.05, 4.69) is 57.0 Å². The van der Waals surface area contributed by atoms with Crippen molar-refractivity contribution in [1.29, 1.82) is 0 Å². The van der Waals surface area contributed by atoms with Crippen LogP contribution in [0.5, 0.6) is 0 Å². The zero-order valence-electron chi connectivity index (χ0n) is 11.6. The van der Waals surface area contributed by atoms with E-state index >= 15 is 0 Å². The van der Waals surface area contributed by atoms with E-state index in [9.17, 15) is 4.79 Å². The number of benzene rings is 1. The van der Waals surface area contributed by atoms with E-state index in [1.807, 2.05) is 0 Å². The first-order valence-corrected chi connectivity index (χ1v) is 7.83. The number of hydrogen-bond acceptors (Lipinski definition) is 2. The van der Waals surface area contributed by atoms with Crippen LogP contribution in [0, 0.1) is 5.92 Å². The van der Waals surface area contributed by atoms with Crippen LogP contribution in [0.1, 0.15) is 18.4 Å². The molecular weight excluding hydrogens is 316 g/mol. The van der Waals surface area contributed by atoms with Crippen LogP contribution in [0.3, 0.4) is 0 Å². The van der Waals surface area contributed by atoms with Crippen LogP contribution in [0.15, 0.2) is 41.4 Å². The maximum atomic E-state index is 12.0. The Morgan fingerprint density at radius 1 is 1.45 bits per heavy atom. The molecule has 1 saturated heterocycles. The highest BCUT2D eigenvalue weighted by Gasteiger charge is 2.25. The molecule has 0 spiro atoms. The van der Waals surface area contributed by atoms with Crippen LogP contribution >= 0.6 is 15.9 Å².